The zero-order chi connectivity index (χ0) is 9.97. The second-order valence-electron chi connectivity index (χ2n) is 3.16. The molecule has 72 valence electrons. The van der Waals surface area contributed by atoms with E-state index < -0.39 is 0 Å². The number of benzene rings is 1. The van der Waals surface area contributed by atoms with E-state index >= 15 is 0 Å². The first kappa shape index (κ1) is 9.41. The summed E-state index contributed by atoms with van der Waals surface area (Å²) in [5, 5.41) is 2.12. The molecule has 0 radical (unpaired) electrons. The molecule has 0 aliphatic rings. The summed E-state index contributed by atoms with van der Waals surface area (Å²) in [5.74, 6) is -0.181. The third kappa shape index (κ3) is 1.85. The summed E-state index contributed by atoms with van der Waals surface area (Å²) < 4.78 is 12.7. The summed E-state index contributed by atoms with van der Waals surface area (Å²) in [4.78, 5) is 1.37. The van der Waals surface area contributed by atoms with Crippen molar-refractivity contribution in [2.24, 2.45) is 0 Å². The molecule has 2 heteroatoms. The van der Waals surface area contributed by atoms with E-state index in [0.717, 1.165) is 12.0 Å². The maximum atomic E-state index is 12.7. The molecule has 2 rings (SSSR count). The second-order valence-corrected chi connectivity index (χ2v) is 4.16. The number of aryl methyl sites for hydroxylation is 1. The van der Waals surface area contributed by atoms with Crippen LogP contribution in [0.1, 0.15) is 11.8 Å². The highest BCUT2D eigenvalue weighted by atomic mass is 32.1. The molecule has 0 amide bonds. The number of thiophene rings is 1. The first-order chi connectivity index (χ1) is 6.79. The Morgan fingerprint density at radius 2 is 1.86 bits per heavy atom. The van der Waals surface area contributed by atoms with Gasteiger partial charge in [0, 0.05) is 4.88 Å². The SMILES string of the molecule is CCc1cc(-c2ccc(F)cc2)cs1. The van der Waals surface area contributed by atoms with Crippen molar-refractivity contribution in [3.05, 3.63) is 46.4 Å². The van der Waals surface area contributed by atoms with E-state index in [1.54, 1.807) is 11.3 Å². The molecule has 0 nitrogen and oxygen atoms in total. The zero-order valence-corrected chi connectivity index (χ0v) is 8.77. The summed E-state index contributed by atoms with van der Waals surface area (Å²) >= 11 is 1.75. The fraction of sp³-hybridized carbons (Fsp3) is 0.167. The lowest BCUT2D eigenvalue weighted by atomic mass is 10.1. The molecule has 1 aromatic carbocycles. The number of hydrogen-bond donors (Lipinski definition) is 0. The first-order valence-corrected chi connectivity index (χ1v) is 5.51. The summed E-state index contributed by atoms with van der Waals surface area (Å²) in [6.45, 7) is 2.14. The molecule has 0 saturated heterocycles. The first-order valence-electron chi connectivity index (χ1n) is 4.63. The van der Waals surface area contributed by atoms with Gasteiger partial charge >= 0.3 is 0 Å². The molecular weight excluding hydrogens is 195 g/mol. The quantitative estimate of drug-likeness (QED) is 0.693. The highest BCUT2D eigenvalue weighted by Crippen LogP contribution is 2.25. The van der Waals surface area contributed by atoms with Gasteiger partial charge in [-0.2, -0.15) is 0 Å². The molecule has 1 aromatic heterocycles. The Bertz CT molecular complexity index is 414. The van der Waals surface area contributed by atoms with Crippen molar-refractivity contribution >= 4 is 11.3 Å². The van der Waals surface area contributed by atoms with Gasteiger partial charge in [-0.25, -0.2) is 4.39 Å². The van der Waals surface area contributed by atoms with Gasteiger partial charge in [-0.3, -0.25) is 0 Å². The topological polar surface area (TPSA) is 0 Å². The fourth-order valence-electron chi connectivity index (χ4n) is 1.36. The van der Waals surface area contributed by atoms with Gasteiger partial charge in [0.1, 0.15) is 5.82 Å². The Balaban J connectivity index is 2.34. The maximum Gasteiger partial charge on any atom is 0.123 e. The van der Waals surface area contributed by atoms with Crippen LogP contribution in [0.5, 0.6) is 0 Å². The predicted molar refractivity (Wildman–Crippen MR) is 59.1 cm³/mol. The molecular formula is C12H11FS. The normalized spacial score (nSPS) is 10.4. The number of halogens is 1. The smallest absolute Gasteiger partial charge is 0.123 e. The lowest BCUT2D eigenvalue weighted by Crippen LogP contribution is -1.75. The van der Waals surface area contributed by atoms with Crippen LogP contribution >= 0.6 is 11.3 Å². The van der Waals surface area contributed by atoms with Crippen LogP contribution in [0.25, 0.3) is 11.1 Å². The summed E-state index contributed by atoms with van der Waals surface area (Å²) in [6.07, 6.45) is 1.06. The molecule has 0 saturated carbocycles. The Morgan fingerprint density at radius 1 is 1.14 bits per heavy atom. The van der Waals surface area contributed by atoms with Crippen LogP contribution in [0.3, 0.4) is 0 Å². The maximum absolute atomic E-state index is 12.7. The highest BCUT2D eigenvalue weighted by Gasteiger charge is 2.00. The third-order valence-electron chi connectivity index (χ3n) is 2.18. The zero-order valence-electron chi connectivity index (χ0n) is 7.96. The lowest BCUT2D eigenvalue weighted by Gasteiger charge is -1.96. The van der Waals surface area contributed by atoms with Crippen molar-refractivity contribution < 1.29 is 4.39 Å². The van der Waals surface area contributed by atoms with E-state index in [1.807, 2.05) is 12.1 Å². The van der Waals surface area contributed by atoms with E-state index in [0.29, 0.717) is 0 Å². The van der Waals surface area contributed by atoms with E-state index in [4.69, 9.17) is 0 Å². The molecule has 0 aliphatic heterocycles. The average Bonchev–Trinajstić information content (AvgIpc) is 2.67. The van der Waals surface area contributed by atoms with Gasteiger partial charge in [0.15, 0.2) is 0 Å². The van der Waals surface area contributed by atoms with Gasteiger partial charge in [-0.1, -0.05) is 19.1 Å². The lowest BCUT2D eigenvalue weighted by molar-refractivity contribution is 0.628. The molecule has 2 aromatic rings. The van der Waals surface area contributed by atoms with Crippen LogP contribution in [0, 0.1) is 5.82 Å². The van der Waals surface area contributed by atoms with Crippen molar-refractivity contribution in [1.29, 1.82) is 0 Å². The van der Waals surface area contributed by atoms with Crippen molar-refractivity contribution in [2.75, 3.05) is 0 Å². The molecule has 0 bridgehead atoms. The Morgan fingerprint density at radius 3 is 2.43 bits per heavy atom. The minimum absolute atomic E-state index is 0.181. The van der Waals surface area contributed by atoms with Crippen molar-refractivity contribution in [3.8, 4) is 11.1 Å². The molecule has 0 unspecified atom stereocenters. The van der Waals surface area contributed by atoms with Gasteiger partial charge in [0.25, 0.3) is 0 Å². The van der Waals surface area contributed by atoms with E-state index in [2.05, 4.69) is 18.4 Å². The second kappa shape index (κ2) is 3.93. The van der Waals surface area contributed by atoms with Crippen LogP contribution in [-0.2, 0) is 6.42 Å². The van der Waals surface area contributed by atoms with Crippen molar-refractivity contribution in [2.45, 2.75) is 13.3 Å². The molecule has 0 atom stereocenters. The average molecular weight is 206 g/mol. The fourth-order valence-corrected chi connectivity index (χ4v) is 2.20. The largest absolute Gasteiger partial charge is 0.207 e. The van der Waals surface area contributed by atoms with Gasteiger partial charge in [0.2, 0.25) is 0 Å². The molecule has 0 spiro atoms. The minimum atomic E-state index is -0.181. The molecule has 0 N–H and O–H groups in total. The molecule has 0 aliphatic carbocycles. The summed E-state index contributed by atoms with van der Waals surface area (Å²) in [6, 6.07) is 8.79. The van der Waals surface area contributed by atoms with Crippen LogP contribution in [0.4, 0.5) is 4.39 Å². The van der Waals surface area contributed by atoms with Gasteiger partial charge in [-0.05, 0) is 41.1 Å². The molecule has 14 heavy (non-hydrogen) atoms. The van der Waals surface area contributed by atoms with E-state index in [1.165, 1.54) is 22.6 Å². The van der Waals surface area contributed by atoms with Crippen LogP contribution < -0.4 is 0 Å². The standard InChI is InChI=1S/C12H11FS/c1-2-12-7-10(8-14-12)9-3-5-11(13)6-4-9/h3-8H,2H2,1H3. The minimum Gasteiger partial charge on any atom is -0.207 e. The van der Waals surface area contributed by atoms with Crippen LogP contribution in [0.15, 0.2) is 35.7 Å². The van der Waals surface area contributed by atoms with Crippen LogP contribution in [-0.4, -0.2) is 0 Å². The van der Waals surface area contributed by atoms with E-state index in [-0.39, 0.29) is 5.82 Å². The molecule has 0 fully saturated rings. The predicted octanol–water partition coefficient (Wildman–Crippen LogP) is 4.12. The Hall–Kier alpha value is -1.15. The third-order valence-corrected chi connectivity index (χ3v) is 3.26. The monoisotopic (exact) mass is 206 g/mol. The van der Waals surface area contributed by atoms with Gasteiger partial charge in [0.05, 0.1) is 0 Å². The van der Waals surface area contributed by atoms with Crippen molar-refractivity contribution in [1.82, 2.24) is 0 Å². The Kier molecular flexibility index (Phi) is 2.64. The number of rotatable bonds is 2. The summed E-state index contributed by atoms with van der Waals surface area (Å²) in [5.41, 5.74) is 2.27. The Labute approximate surface area is 87.0 Å². The summed E-state index contributed by atoms with van der Waals surface area (Å²) in [7, 11) is 0. The molecule has 1 heterocycles. The van der Waals surface area contributed by atoms with Gasteiger partial charge < -0.3 is 0 Å². The highest BCUT2D eigenvalue weighted by molar-refractivity contribution is 7.10. The van der Waals surface area contributed by atoms with Crippen molar-refractivity contribution in [3.63, 3.8) is 0 Å². The van der Waals surface area contributed by atoms with E-state index in [9.17, 15) is 4.39 Å². The van der Waals surface area contributed by atoms with Gasteiger partial charge in [-0.15, -0.1) is 11.3 Å². The van der Waals surface area contributed by atoms with Crippen LogP contribution in [0.2, 0.25) is 0 Å². The number of hydrogen-bond acceptors (Lipinski definition) is 1.